The average Bonchev–Trinajstić information content (AvgIpc) is 2.87. The number of nitrogens with two attached hydrogens (primary N) is 1. The van der Waals surface area contributed by atoms with E-state index in [2.05, 4.69) is 25.6 Å². The maximum atomic E-state index is 10.9. The van der Waals surface area contributed by atoms with Gasteiger partial charge in [0, 0.05) is 23.9 Å². The van der Waals surface area contributed by atoms with Crippen LogP contribution < -0.4 is 5.73 Å². The van der Waals surface area contributed by atoms with Crippen molar-refractivity contribution >= 4 is 23.6 Å². The highest BCUT2D eigenvalue weighted by Crippen LogP contribution is 2.24. The molecule has 0 bridgehead atoms. The van der Waals surface area contributed by atoms with E-state index in [1.165, 1.54) is 4.68 Å². The Bertz CT molecular complexity index is 634. The lowest BCUT2D eigenvalue weighted by Crippen LogP contribution is -2.20. The molecule has 0 aliphatic carbocycles. The molecule has 2 rings (SSSR count). The first kappa shape index (κ1) is 12.9. The zero-order valence-corrected chi connectivity index (χ0v) is 10.3. The van der Waals surface area contributed by atoms with Crippen LogP contribution in [-0.4, -0.2) is 45.8 Å². The van der Waals surface area contributed by atoms with Gasteiger partial charge in [-0.3, -0.25) is 4.79 Å². The average molecular weight is 285 g/mol. The van der Waals surface area contributed by atoms with Crippen LogP contribution in [0.1, 0.15) is 0 Å². The predicted octanol–water partition coefficient (Wildman–Crippen LogP) is -1.65. The zero-order valence-electron chi connectivity index (χ0n) is 9.50. The molecule has 0 spiro atoms. The fraction of sp³-hybridized carbons (Fsp3) is 0.333. The van der Waals surface area contributed by atoms with E-state index in [9.17, 15) is 14.9 Å². The van der Waals surface area contributed by atoms with E-state index in [0.29, 0.717) is 5.16 Å². The van der Waals surface area contributed by atoms with Gasteiger partial charge in [0.25, 0.3) is 5.16 Å². The van der Waals surface area contributed by atoms with Gasteiger partial charge in [-0.25, -0.2) is 4.68 Å². The lowest BCUT2D eigenvalue weighted by atomic mass is 10.6. The van der Waals surface area contributed by atoms with Crippen molar-refractivity contribution in [1.82, 2.24) is 35.0 Å². The van der Waals surface area contributed by atoms with Crippen molar-refractivity contribution in [3.63, 3.8) is 0 Å². The summed E-state index contributed by atoms with van der Waals surface area (Å²) < 4.78 is 2.37. The smallest absolute Gasteiger partial charge is 0.390 e. The minimum Gasteiger partial charge on any atom is -0.390 e. The summed E-state index contributed by atoms with van der Waals surface area (Å²) in [6.45, 7) is -0.325. The summed E-state index contributed by atoms with van der Waals surface area (Å²) >= 11 is 0.932. The van der Waals surface area contributed by atoms with E-state index < -0.39 is 16.8 Å². The van der Waals surface area contributed by atoms with Gasteiger partial charge in [-0.05, 0) is 20.3 Å². The number of tetrazole rings is 1. The highest BCUT2D eigenvalue weighted by Gasteiger charge is 2.24. The summed E-state index contributed by atoms with van der Waals surface area (Å²) in [6, 6.07) is 0. The fourth-order valence-electron chi connectivity index (χ4n) is 1.11. The van der Waals surface area contributed by atoms with Gasteiger partial charge >= 0.3 is 5.95 Å². The van der Waals surface area contributed by atoms with Crippen molar-refractivity contribution in [2.75, 3.05) is 0 Å². The Balaban J connectivity index is 2.34. The van der Waals surface area contributed by atoms with Crippen molar-refractivity contribution in [3.05, 3.63) is 10.1 Å². The van der Waals surface area contributed by atoms with Gasteiger partial charge in [0.05, 0.1) is 0 Å². The minimum absolute atomic E-state index is 0.100. The molecule has 0 radical (unpaired) electrons. The molecule has 2 aromatic rings. The number of primary amides is 1. The molecule has 0 aromatic carbocycles. The molecule has 0 saturated heterocycles. The molecule has 0 unspecified atom stereocenters. The predicted molar refractivity (Wildman–Crippen MR) is 58.8 cm³/mol. The summed E-state index contributed by atoms with van der Waals surface area (Å²) in [5.41, 5.74) is 5.03. The van der Waals surface area contributed by atoms with Crippen molar-refractivity contribution < 1.29 is 9.72 Å². The Morgan fingerprint density at radius 3 is 2.79 bits per heavy atom. The summed E-state index contributed by atoms with van der Waals surface area (Å²) in [6.07, 6.45) is 0. The third-order valence-corrected chi connectivity index (χ3v) is 2.87. The third kappa shape index (κ3) is 2.82. The molecule has 0 saturated carbocycles. The molecule has 0 aliphatic rings. The molecule has 19 heavy (non-hydrogen) atoms. The van der Waals surface area contributed by atoms with Gasteiger partial charge in [0.15, 0.2) is 0 Å². The highest BCUT2D eigenvalue weighted by atomic mass is 32.2. The third-order valence-electron chi connectivity index (χ3n) is 1.86. The maximum Gasteiger partial charge on any atom is 0.492 e. The van der Waals surface area contributed by atoms with E-state index in [-0.39, 0.29) is 11.7 Å². The number of hydrogen-bond donors (Lipinski definition) is 1. The zero-order chi connectivity index (χ0) is 14.0. The second-order valence-electron chi connectivity index (χ2n) is 3.26. The number of aromatic nitrogens is 7. The van der Waals surface area contributed by atoms with E-state index in [1.807, 2.05) is 0 Å². The van der Waals surface area contributed by atoms with Crippen LogP contribution in [0.5, 0.6) is 0 Å². The molecule has 100 valence electrons. The minimum atomic E-state index is -0.767. The van der Waals surface area contributed by atoms with Crippen LogP contribution in [0.3, 0.4) is 0 Å². The van der Waals surface area contributed by atoms with Crippen LogP contribution in [0.4, 0.5) is 5.95 Å². The van der Waals surface area contributed by atoms with E-state index >= 15 is 0 Å². The van der Waals surface area contributed by atoms with Crippen LogP contribution >= 0.6 is 11.8 Å². The first-order valence-electron chi connectivity index (χ1n) is 4.75. The van der Waals surface area contributed by atoms with Gasteiger partial charge in [-0.15, -0.1) is 5.10 Å². The van der Waals surface area contributed by atoms with Gasteiger partial charge in [0.1, 0.15) is 6.54 Å². The van der Waals surface area contributed by atoms with Gasteiger partial charge in [-0.2, -0.15) is 4.68 Å². The van der Waals surface area contributed by atoms with Crippen LogP contribution in [-0.2, 0) is 18.4 Å². The molecule has 0 fully saturated rings. The SMILES string of the molecule is Cn1nnnc1Sc1nc([N+](=O)[O-])nn1CC(N)=O. The normalized spacial score (nSPS) is 10.6. The number of carbonyl (C=O) groups excluding carboxylic acids is 1. The van der Waals surface area contributed by atoms with Gasteiger partial charge in [-0.1, -0.05) is 0 Å². The molecule has 1 amide bonds. The number of nitrogens with zero attached hydrogens (tertiary/aromatic N) is 8. The standard InChI is InChI=1S/C6H7N9O3S/c1-13-6(9-11-12-13)19-5-8-4(15(17)18)10-14(5)2-3(7)16/h2H2,1H3,(H2,7,16). The maximum absolute atomic E-state index is 10.9. The molecular weight excluding hydrogens is 278 g/mol. The second-order valence-corrected chi connectivity index (χ2v) is 4.20. The van der Waals surface area contributed by atoms with Crippen LogP contribution in [0.15, 0.2) is 10.3 Å². The summed E-state index contributed by atoms with van der Waals surface area (Å²) in [7, 11) is 1.59. The molecular formula is C6H7N9O3S. The van der Waals surface area contributed by atoms with Crippen molar-refractivity contribution in [3.8, 4) is 0 Å². The first-order chi connectivity index (χ1) is 8.97. The lowest BCUT2D eigenvalue weighted by Gasteiger charge is -1.96. The summed E-state index contributed by atoms with van der Waals surface area (Å²) in [5, 5.41) is 25.3. The van der Waals surface area contributed by atoms with Crippen LogP contribution in [0, 0.1) is 10.1 Å². The molecule has 0 atom stereocenters. The first-order valence-corrected chi connectivity index (χ1v) is 5.56. The number of amides is 1. The lowest BCUT2D eigenvalue weighted by molar-refractivity contribution is -0.394. The summed E-state index contributed by atoms with van der Waals surface area (Å²) in [4.78, 5) is 24.4. The largest absolute Gasteiger partial charge is 0.492 e. The van der Waals surface area contributed by atoms with Crippen molar-refractivity contribution in [1.29, 1.82) is 0 Å². The Morgan fingerprint density at radius 1 is 1.53 bits per heavy atom. The van der Waals surface area contributed by atoms with Gasteiger partial charge in [0.2, 0.25) is 11.1 Å². The fourth-order valence-corrected chi connectivity index (χ4v) is 1.86. The molecule has 0 aliphatic heterocycles. The highest BCUT2D eigenvalue weighted by molar-refractivity contribution is 7.99. The number of rotatable bonds is 5. The van der Waals surface area contributed by atoms with E-state index in [4.69, 9.17) is 5.73 Å². The van der Waals surface area contributed by atoms with Gasteiger partial charge < -0.3 is 15.8 Å². The van der Waals surface area contributed by atoms with Crippen molar-refractivity contribution in [2.24, 2.45) is 12.8 Å². The van der Waals surface area contributed by atoms with E-state index in [0.717, 1.165) is 16.4 Å². The van der Waals surface area contributed by atoms with Crippen molar-refractivity contribution in [2.45, 2.75) is 16.9 Å². The Morgan fingerprint density at radius 2 is 2.26 bits per heavy atom. The second kappa shape index (κ2) is 4.97. The molecule has 13 heteroatoms. The monoisotopic (exact) mass is 285 g/mol. The van der Waals surface area contributed by atoms with Crippen LogP contribution in [0.2, 0.25) is 0 Å². The molecule has 2 N–H and O–H groups in total. The van der Waals surface area contributed by atoms with E-state index in [1.54, 1.807) is 7.05 Å². The number of nitro groups is 1. The van der Waals surface area contributed by atoms with Crippen LogP contribution in [0.25, 0.3) is 0 Å². The number of aryl methyl sites for hydroxylation is 1. The number of carbonyl (C=O) groups is 1. The molecule has 12 nitrogen and oxygen atoms in total. The number of hydrogen-bond acceptors (Lipinski definition) is 9. The Labute approximate surface area is 109 Å². The summed E-state index contributed by atoms with van der Waals surface area (Å²) in [5.74, 6) is -1.32. The molecule has 2 aromatic heterocycles. The quantitative estimate of drug-likeness (QED) is 0.500. The topological polar surface area (TPSA) is 161 Å². The molecule has 2 heterocycles. The Kier molecular flexibility index (Phi) is 3.37. The Hall–Kier alpha value is -2.57.